The van der Waals surface area contributed by atoms with Crippen LogP contribution in [-0.4, -0.2) is 38.9 Å². The van der Waals surface area contributed by atoms with Crippen LogP contribution in [0.1, 0.15) is 52.7 Å². The average Bonchev–Trinajstić information content (AvgIpc) is 2.77. The second-order valence-corrected chi connectivity index (χ2v) is 7.43. The molecular formula is C15H27N5O. The van der Waals surface area contributed by atoms with Crippen molar-refractivity contribution in [2.75, 3.05) is 6.54 Å². The second-order valence-electron chi connectivity index (χ2n) is 7.43. The van der Waals surface area contributed by atoms with Crippen LogP contribution in [0, 0.1) is 5.92 Å². The predicted octanol–water partition coefficient (Wildman–Crippen LogP) is 1.41. The first-order valence-electron chi connectivity index (χ1n) is 7.66. The zero-order valence-corrected chi connectivity index (χ0v) is 13.5. The Hall–Kier alpha value is -1.43. The monoisotopic (exact) mass is 293 g/mol. The van der Waals surface area contributed by atoms with Crippen LogP contribution in [0.4, 0.5) is 0 Å². The van der Waals surface area contributed by atoms with Crippen LogP contribution in [0.5, 0.6) is 0 Å². The minimum absolute atomic E-state index is 0.0907. The molecule has 0 atom stereocenters. The fraction of sp³-hybridized carbons (Fsp3) is 0.800. The topological polar surface area (TPSA) is 82.7 Å². The van der Waals surface area contributed by atoms with E-state index >= 15 is 0 Å². The summed E-state index contributed by atoms with van der Waals surface area (Å²) in [6, 6.07) is 0. The van der Waals surface area contributed by atoms with Crippen molar-refractivity contribution in [3.05, 3.63) is 11.9 Å². The number of piperidine rings is 1. The normalized spacial score (nSPS) is 21.1. The van der Waals surface area contributed by atoms with Crippen LogP contribution >= 0.6 is 0 Å². The molecule has 0 unspecified atom stereocenters. The Labute approximate surface area is 126 Å². The van der Waals surface area contributed by atoms with Crippen LogP contribution in [0.2, 0.25) is 0 Å². The molecule has 0 aliphatic carbocycles. The number of hydrogen-bond donors (Lipinski definition) is 3. The van der Waals surface area contributed by atoms with Gasteiger partial charge in [-0.25, -0.2) is 0 Å². The summed E-state index contributed by atoms with van der Waals surface area (Å²) < 4.78 is 0. The third-order valence-electron chi connectivity index (χ3n) is 3.92. The molecule has 0 aromatic carbocycles. The van der Waals surface area contributed by atoms with Crippen LogP contribution in [-0.2, 0) is 11.2 Å². The second kappa shape index (κ2) is 6.13. The van der Waals surface area contributed by atoms with Crippen LogP contribution in [0.25, 0.3) is 0 Å². The number of rotatable bonds is 5. The van der Waals surface area contributed by atoms with Gasteiger partial charge in [0.05, 0.1) is 11.9 Å². The molecular weight excluding hydrogens is 266 g/mol. The molecule has 1 aromatic heterocycles. The summed E-state index contributed by atoms with van der Waals surface area (Å²) in [7, 11) is 0. The lowest BCUT2D eigenvalue weighted by Gasteiger charge is -2.46. The molecule has 0 saturated carbocycles. The highest BCUT2D eigenvalue weighted by atomic mass is 16.1. The molecule has 1 aromatic rings. The lowest BCUT2D eigenvalue weighted by molar-refractivity contribution is -0.122. The fourth-order valence-electron chi connectivity index (χ4n) is 3.69. The summed E-state index contributed by atoms with van der Waals surface area (Å²) in [6.45, 7) is 9.46. The van der Waals surface area contributed by atoms with Gasteiger partial charge in [-0.1, -0.05) is 0 Å². The molecule has 2 rings (SSSR count). The molecule has 1 aliphatic heterocycles. The Morgan fingerprint density at radius 1 is 1.33 bits per heavy atom. The third-order valence-corrected chi connectivity index (χ3v) is 3.92. The SMILES string of the molecule is CC1(C)CC(CC(=O)NCCc2cn[nH]n2)CC(C)(C)N1. The van der Waals surface area contributed by atoms with Crippen molar-refractivity contribution in [3.63, 3.8) is 0 Å². The van der Waals surface area contributed by atoms with E-state index in [2.05, 4.69) is 53.7 Å². The van der Waals surface area contributed by atoms with Crippen molar-refractivity contribution in [1.29, 1.82) is 0 Å². The zero-order chi connectivity index (χ0) is 15.5. The van der Waals surface area contributed by atoms with Gasteiger partial charge in [-0.15, -0.1) is 0 Å². The van der Waals surface area contributed by atoms with E-state index in [1.807, 2.05) is 0 Å². The molecule has 21 heavy (non-hydrogen) atoms. The smallest absolute Gasteiger partial charge is 0.220 e. The number of amides is 1. The Kier molecular flexibility index (Phi) is 4.66. The standard InChI is InChI=1S/C15H27N5O/c1-14(2)8-11(9-15(3,4)19-14)7-13(21)16-6-5-12-10-17-20-18-12/h10-11,19H,5-9H2,1-4H3,(H,16,21)(H,17,18,20). The Bertz CT molecular complexity index is 450. The van der Waals surface area contributed by atoms with E-state index in [9.17, 15) is 4.79 Å². The molecule has 1 saturated heterocycles. The molecule has 2 heterocycles. The molecule has 1 fully saturated rings. The van der Waals surface area contributed by atoms with Gasteiger partial charge in [0.2, 0.25) is 5.91 Å². The quantitative estimate of drug-likeness (QED) is 0.766. The molecule has 6 heteroatoms. The van der Waals surface area contributed by atoms with Crippen LogP contribution in [0.3, 0.4) is 0 Å². The summed E-state index contributed by atoms with van der Waals surface area (Å²) in [5.41, 5.74) is 1.06. The first-order valence-corrected chi connectivity index (χ1v) is 7.66. The van der Waals surface area contributed by atoms with Gasteiger partial charge in [0.1, 0.15) is 0 Å². The number of carbonyl (C=O) groups is 1. The van der Waals surface area contributed by atoms with Crippen molar-refractivity contribution in [1.82, 2.24) is 26.0 Å². The van der Waals surface area contributed by atoms with Gasteiger partial charge in [0, 0.05) is 30.5 Å². The van der Waals surface area contributed by atoms with Gasteiger partial charge < -0.3 is 10.6 Å². The first-order chi connectivity index (χ1) is 9.76. The molecule has 0 bridgehead atoms. The predicted molar refractivity (Wildman–Crippen MR) is 81.7 cm³/mol. The van der Waals surface area contributed by atoms with Gasteiger partial charge in [-0.3, -0.25) is 4.79 Å². The van der Waals surface area contributed by atoms with Crippen molar-refractivity contribution in [2.45, 2.75) is 64.5 Å². The molecule has 0 spiro atoms. The summed E-state index contributed by atoms with van der Waals surface area (Å²) in [6.07, 6.45) is 5.07. The van der Waals surface area contributed by atoms with Gasteiger partial charge in [0.25, 0.3) is 0 Å². The summed E-state index contributed by atoms with van der Waals surface area (Å²) >= 11 is 0. The van der Waals surface area contributed by atoms with E-state index in [0.717, 1.165) is 18.5 Å². The van der Waals surface area contributed by atoms with E-state index in [4.69, 9.17) is 0 Å². The Morgan fingerprint density at radius 3 is 2.57 bits per heavy atom. The Balaban J connectivity index is 1.76. The van der Waals surface area contributed by atoms with Crippen molar-refractivity contribution < 1.29 is 4.79 Å². The molecule has 3 N–H and O–H groups in total. The highest BCUT2D eigenvalue weighted by Crippen LogP contribution is 2.34. The van der Waals surface area contributed by atoms with Crippen molar-refractivity contribution >= 4 is 5.91 Å². The third kappa shape index (κ3) is 5.12. The number of nitrogens with zero attached hydrogens (tertiary/aromatic N) is 2. The molecule has 1 aliphatic rings. The number of H-pyrrole nitrogens is 1. The zero-order valence-electron chi connectivity index (χ0n) is 13.5. The summed E-state index contributed by atoms with van der Waals surface area (Å²) in [5.74, 6) is 0.570. The number of hydrogen-bond acceptors (Lipinski definition) is 4. The number of nitrogens with one attached hydrogen (secondary N) is 3. The van der Waals surface area contributed by atoms with Gasteiger partial charge in [0.15, 0.2) is 0 Å². The first kappa shape index (κ1) is 15.9. The molecule has 6 nitrogen and oxygen atoms in total. The summed E-state index contributed by atoms with van der Waals surface area (Å²) in [5, 5.41) is 16.9. The average molecular weight is 293 g/mol. The minimum atomic E-state index is 0.0907. The van der Waals surface area contributed by atoms with Gasteiger partial charge in [-0.05, 0) is 46.5 Å². The van der Waals surface area contributed by atoms with Crippen LogP contribution < -0.4 is 10.6 Å². The Morgan fingerprint density at radius 2 is 2.00 bits per heavy atom. The van der Waals surface area contributed by atoms with Gasteiger partial charge >= 0.3 is 0 Å². The lowest BCUT2D eigenvalue weighted by atomic mass is 9.74. The van der Waals surface area contributed by atoms with Gasteiger partial charge in [-0.2, -0.15) is 15.4 Å². The lowest BCUT2D eigenvalue weighted by Crippen LogP contribution is -2.58. The highest BCUT2D eigenvalue weighted by molar-refractivity contribution is 5.76. The summed E-state index contributed by atoms with van der Waals surface area (Å²) in [4.78, 5) is 12.1. The highest BCUT2D eigenvalue weighted by Gasteiger charge is 2.38. The van der Waals surface area contributed by atoms with Crippen LogP contribution in [0.15, 0.2) is 6.20 Å². The fourth-order valence-corrected chi connectivity index (χ4v) is 3.69. The van der Waals surface area contributed by atoms with E-state index in [1.54, 1.807) is 6.20 Å². The van der Waals surface area contributed by atoms with E-state index < -0.39 is 0 Å². The minimum Gasteiger partial charge on any atom is -0.356 e. The van der Waals surface area contributed by atoms with Crippen molar-refractivity contribution in [3.8, 4) is 0 Å². The molecule has 1 amide bonds. The maximum atomic E-state index is 12.1. The molecule has 118 valence electrons. The number of carbonyl (C=O) groups excluding carboxylic acids is 1. The van der Waals surface area contributed by atoms with E-state index in [1.165, 1.54) is 0 Å². The van der Waals surface area contributed by atoms with Crippen molar-refractivity contribution in [2.24, 2.45) is 5.92 Å². The maximum absolute atomic E-state index is 12.1. The number of aromatic amines is 1. The van der Waals surface area contributed by atoms with E-state index in [-0.39, 0.29) is 17.0 Å². The maximum Gasteiger partial charge on any atom is 0.220 e. The number of aromatic nitrogens is 3. The molecule has 0 radical (unpaired) electrons. The van der Waals surface area contributed by atoms with E-state index in [0.29, 0.717) is 25.3 Å². The largest absolute Gasteiger partial charge is 0.356 e.